The zero-order chi connectivity index (χ0) is 13.1. The van der Waals surface area contributed by atoms with E-state index in [9.17, 15) is 9.18 Å². The van der Waals surface area contributed by atoms with Crippen LogP contribution in [0.5, 0.6) is 0 Å². The van der Waals surface area contributed by atoms with Gasteiger partial charge in [0.2, 0.25) is 0 Å². The van der Waals surface area contributed by atoms with Gasteiger partial charge in [0.05, 0.1) is 5.69 Å². The molecule has 6 heteroatoms. The molecule has 0 saturated carbocycles. The molecule has 0 aliphatic carbocycles. The van der Waals surface area contributed by atoms with E-state index in [4.69, 9.17) is 5.11 Å². The largest absolute Gasteiger partial charge is 0.481 e. The van der Waals surface area contributed by atoms with Crippen molar-refractivity contribution in [1.82, 2.24) is 14.8 Å². The van der Waals surface area contributed by atoms with Gasteiger partial charge < -0.3 is 5.11 Å². The van der Waals surface area contributed by atoms with Crippen molar-refractivity contribution in [3.8, 4) is 5.69 Å². The number of rotatable bonds is 4. The maximum absolute atomic E-state index is 13.7. The van der Waals surface area contributed by atoms with Gasteiger partial charge in [0.25, 0.3) is 0 Å². The van der Waals surface area contributed by atoms with Gasteiger partial charge in [0, 0.05) is 6.42 Å². The van der Waals surface area contributed by atoms with Gasteiger partial charge >= 0.3 is 5.97 Å². The topological polar surface area (TPSA) is 68.0 Å². The van der Waals surface area contributed by atoms with Crippen molar-refractivity contribution in [3.05, 3.63) is 41.7 Å². The summed E-state index contributed by atoms with van der Waals surface area (Å²) in [6, 6.07) is 4.53. The van der Waals surface area contributed by atoms with E-state index in [1.165, 1.54) is 17.0 Å². The fourth-order valence-electron chi connectivity index (χ4n) is 1.68. The average molecular weight is 249 g/mol. The van der Waals surface area contributed by atoms with E-state index in [1.807, 2.05) is 0 Å². The minimum atomic E-state index is -0.874. The molecule has 1 N–H and O–H groups in total. The summed E-state index contributed by atoms with van der Waals surface area (Å²) in [6.45, 7) is 1.72. The van der Waals surface area contributed by atoms with Crippen LogP contribution in [-0.4, -0.2) is 25.8 Å². The lowest BCUT2D eigenvalue weighted by atomic mass is 10.1. The van der Waals surface area contributed by atoms with Crippen molar-refractivity contribution in [2.45, 2.75) is 19.8 Å². The molecular formula is C12H12FN3O2. The molecule has 0 fully saturated rings. The highest BCUT2D eigenvalue weighted by molar-refractivity contribution is 5.67. The van der Waals surface area contributed by atoms with Crippen LogP contribution >= 0.6 is 0 Å². The van der Waals surface area contributed by atoms with E-state index in [1.54, 1.807) is 19.1 Å². The van der Waals surface area contributed by atoms with Crippen molar-refractivity contribution in [2.24, 2.45) is 0 Å². The first kappa shape index (κ1) is 12.2. The third-order valence-electron chi connectivity index (χ3n) is 2.62. The number of carboxylic acid groups (broad SMARTS) is 1. The molecule has 2 aromatic rings. The predicted octanol–water partition coefficient (Wildman–Crippen LogP) is 1.73. The van der Waals surface area contributed by atoms with E-state index in [-0.39, 0.29) is 6.42 Å². The second-order valence-corrected chi connectivity index (χ2v) is 3.93. The Morgan fingerprint density at radius 1 is 1.50 bits per heavy atom. The number of nitrogens with zero attached hydrogens (tertiary/aromatic N) is 3. The molecule has 1 aromatic heterocycles. The number of halogens is 1. The first-order valence-electron chi connectivity index (χ1n) is 5.45. The molecule has 0 aliphatic heterocycles. The minimum Gasteiger partial charge on any atom is -0.481 e. The van der Waals surface area contributed by atoms with Gasteiger partial charge in [-0.2, -0.15) is 0 Å². The van der Waals surface area contributed by atoms with E-state index in [2.05, 4.69) is 10.2 Å². The van der Waals surface area contributed by atoms with E-state index in [0.717, 1.165) is 5.56 Å². The SMILES string of the molecule is Cc1nncn1-c1cc(CCC(=O)O)ccc1F. The highest BCUT2D eigenvalue weighted by Crippen LogP contribution is 2.17. The summed E-state index contributed by atoms with van der Waals surface area (Å²) in [5.74, 6) is -0.692. The lowest BCUT2D eigenvalue weighted by molar-refractivity contribution is -0.136. The molecule has 1 aromatic carbocycles. The monoisotopic (exact) mass is 249 g/mol. The number of aliphatic carboxylic acids is 1. The molecule has 18 heavy (non-hydrogen) atoms. The third kappa shape index (κ3) is 2.53. The van der Waals surface area contributed by atoms with Gasteiger partial charge in [0.1, 0.15) is 18.0 Å². The predicted molar refractivity (Wildman–Crippen MR) is 62.0 cm³/mol. The summed E-state index contributed by atoms with van der Waals surface area (Å²) in [6.07, 6.45) is 1.81. The van der Waals surface area contributed by atoms with Crippen LogP contribution in [0.3, 0.4) is 0 Å². The summed E-state index contributed by atoms with van der Waals surface area (Å²) in [5, 5.41) is 16.1. The minimum absolute atomic E-state index is 0.0201. The highest BCUT2D eigenvalue weighted by Gasteiger charge is 2.09. The Kier molecular flexibility index (Phi) is 3.36. The fourth-order valence-corrected chi connectivity index (χ4v) is 1.68. The smallest absolute Gasteiger partial charge is 0.303 e. The molecule has 0 unspecified atom stereocenters. The van der Waals surface area contributed by atoms with Crippen LogP contribution in [0.2, 0.25) is 0 Å². The Bertz CT molecular complexity index is 580. The lowest BCUT2D eigenvalue weighted by Gasteiger charge is -2.07. The Morgan fingerprint density at radius 2 is 2.28 bits per heavy atom. The van der Waals surface area contributed by atoms with Gasteiger partial charge in [-0.05, 0) is 31.0 Å². The van der Waals surface area contributed by atoms with Gasteiger partial charge in [-0.3, -0.25) is 9.36 Å². The number of aromatic nitrogens is 3. The number of hydrogen-bond acceptors (Lipinski definition) is 3. The maximum Gasteiger partial charge on any atom is 0.303 e. The Morgan fingerprint density at radius 3 is 2.89 bits per heavy atom. The van der Waals surface area contributed by atoms with Crippen LogP contribution in [-0.2, 0) is 11.2 Å². The van der Waals surface area contributed by atoms with Crippen molar-refractivity contribution in [1.29, 1.82) is 0 Å². The van der Waals surface area contributed by atoms with Gasteiger partial charge in [-0.25, -0.2) is 4.39 Å². The number of aryl methyl sites for hydroxylation is 2. The van der Waals surface area contributed by atoms with Crippen LogP contribution in [0.25, 0.3) is 5.69 Å². The molecular weight excluding hydrogens is 237 g/mol. The number of hydrogen-bond donors (Lipinski definition) is 1. The van der Waals surface area contributed by atoms with Gasteiger partial charge in [-0.1, -0.05) is 6.07 Å². The second-order valence-electron chi connectivity index (χ2n) is 3.93. The summed E-state index contributed by atoms with van der Waals surface area (Å²) >= 11 is 0. The maximum atomic E-state index is 13.7. The van der Waals surface area contributed by atoms with Crippen molar-refractivity contribution < 1.29 is 14.3 Å². The Balaban J connectivity index is 2.33. The van der Waals surface area contributed by atoms with Crippen molar-refractivity contribution >= 4 is 5.97 Å². The Labute approximate surface area is 103 Å². The summed E-state index contributed by atoms with van der Waals surface area (Å²) in [7, 11) is 0. The second kappa shape index (κ2) is 4.95. The Hall–Kier alpha value is -2.24. The van der Waals surface area contributed by atoms with Crippen LogP contribution in [0.4, 0.5) is 4.39 Å². The third-order valence-corrected chi connectivity index (χ3v) is 2.62. The zero-order valence-corrected chi connectivity index (χ0v) is 9.80. The summed E-state index contributed by atoms with van der Waals surface area (Å²) in [4.78, 5) is 10.5. The van der Waals surface area contributed by atoms with Gasteiger partial charge in [0.15, 0.2) is 0 Å². The first-order valence-corrected chi connectivity index (χ1v) is 5.45. The molecule has 0 saturated heterocycles. The molecule has 0 radical (unpaired) electrons. The quantitative estimate of drug-likeness (QED) is 0.896. The molecule has 0 atom stereocenters. The molecule has 0 spiro atoms. The average Bonchev–Trinajstić information content (AvgIpc) is 2.74. The molecule has 94 valence electrons. The van der Waals surface area contributed by atoms with E-state index in [0.29, 0.717) is 17.9 Å². The highest BCUT2D eigenvalue weighted by atomic mass is 19.1. The van der Waals surface area contributed by atoms with Crippen LogP contribution in [0, 0.1) is 12.7 Å². The van der Waals surface area contributed by atoms with E-state index >= 15 is 0 Å². The van der Waals surface area contributed by atoms with Crippen molar-refractivity contribution in [2.75, 3.05) is 0 Å². The molecule has 2 rings (SSSR count). The fraction of sp³-hybridized carbons (Fsp3) is 0.250. The lowest BCUT2D eigenvalue weighted by Crippen LogP contribution is -2.02. The van der Waals surface area contributed by atoms with E-state index < -0.39 is 11.8 Å². The van der Waals surface area contributed by atoms with Crippen LogP contribution in [0.15, 0.2) is 24.5 Å². The molecule has 5 nitrogen and oxygen atoms in total. The zero-order valence-electron chi connectivity index (χ0n) is 9.80. The van der Waals surface area contributed by atoms with Crippen molar-refractivity contribution in [3.63, 3.8) is 0 Å². The normalized spacial score (nSPS) is 10.6. The standard InChI is InChI=1S/C12H12FN3O2/c1-8-15-14-7-16(8)11-6-9(2-4-10(11)13)3-5-12(17)18/h2,4,6-7H,3,5H2,1H3,(H,17,18). The first-order chi connectivity index (χ1) is 8.58. The molecule has 1 heterocycles. The molecule has 0 amide bonds. The summed E-state index contributed by atoms with van der Waals surface area (Å²) < 4.78 is 15.2. The van der Waals surface area contributed by atoms with Crippen LogP contribution < -0.4 is 0 Å². The molecule has 0 aliphatic rings. The van der Waals surface area contributed by atoms with Gasteiger partial charge in [-0.15, -0.1) is 10.2 Å². The number of carboxylic acids is 1. The summed E-state index contributed by atoms with van der Waals surface area (Å²) in [5.41, 5.74) is 1.10. The number of benzene rings is 1. The molecule has 0 bridgehead atoms. The number of carbonyl (C=O) groups is 1. The van der Waals surface area contributed by atoms with Crippen LogP contribution in [0.1, 0.15) is 17.8 Å².